The SMILES string of the molecule is Cc1cc(C#N)cnc1C(=O)Nc1ccc(F)c([C@]2(C)CS3(=O)=NC(C(F)(F)F)CCCN3C(N)=N2)c1. The van der Waals surface area contributed by atoms with E-state index in [1.165, 1.54) is 31.3 Å². The topological polar surface area (TPSA) is 137 Å². The number of pyridine rings is 1. The van der Waals surface area contributed by atoms with Crippen LogP contribution in [0.5, 0.6) is 0 Å². The second kappa shape index (κ2) is 9.29. The standard InChI is InChI=1S/C23H23F4N7O2S/c1-13-8-14(10-28)11-30-19(13)20(35)31-15-5-6-17(24)16(9-15)22(2)12-37(36)33-18(23(25,26)27)4-3-7-34(37)21(29)32-22/h5-6,8-9,11,18H,3-4,7,12H2,1-2H3,(H2,29,32)(H,31,35)/t18?,22-,37?/m0/s1. The van der Waals surface area contributed by atoms with Gasteiger partial charge in [-0.2, -0.15) is 18.4 Å². The smallest absolute Gasteiger partial charge is 0.369 e. The van der Waals surface area contributed by atoms with E-state index in [1.54, 1.807) is 6.92 Å². The summed E-state index contributed by atoms with van der Waals surface area (Å²) in [5, 5.41) is 11.6. The van der Waals surface area contributed by atoms with E-state index in [0.717, 1.165) is 10.4 Å². The van der Waals surface area contributed by atoms with Crippen LogP contribution in [0.1, 0.15) is 46.9 Å². The van der Waals surface area contributed by atoms with Gasteiger partial charge in [0.2, 0.25) is 5.96 Å². The average Bonchev–Trinajstić information content (AvgIpc) is 2.98. The number of carbonyl (C=O) groups excluding carboxylic acids is 1. The van der Waals surface area contributed by atoms with Crippen molar-refractivity contribution >= 4 is 27.5 Å². The third kappa shape index (κ3) is 5.08. The summed E-state index contributed by atoms with van der Waals surface area (Å²) in [4.78, 5) is 21.1. The number of carbonyl (C=O) groups is 1. The Morgan fingerprint density at radius 1 is 1.35 bits per heavy atom. The van der Waals surface area contributed by atoms with Crippen LogP contribution < -0.4 is 11.1 Å². The molecule has 4 rings (SSSR count). The molecule has 196 valence electrons. The van der Waals surface area contributed by atoms with Gasteiger partial charge < -0.3 is 11.1 Å². The highest BCUT2D eigenvalue weighted by atomic mass is 32.2. The van der Waals surface area contributed by atoms with E-state index in [1.807, 2.05) is 6.07 Å². The summed E-state index contributed by atoms with van der Waals surface area (Å²) in [5.74, 6) is -2.23. The second-order valence-electron chi connectivity index (χ2n) is 9.05. The first-order chi connectivity index (χ1) is 17.3. The Morgan fingerprint density at radius 3 is 2.73 bits per heavy atom. The van der Waals surface area contributed by atoms with Crippen molar-refractivity contribution in [3.8, 4) is 6.07 Å². The Bertz CT molecular complexity index is 1460. The molecule has 2 aliphatic rings. The average molecular weight is 538 g/mol. The van der Waals surface area contributed by atoms with Crippen LogP contribution in [0.4, 0.5) is 23.2 Å². The molecule has 1 aromatic carbocycles. The number of halogens is 4. The van der Waals surface area contributed by atoms with Gasteiger partial charge in [0.15, 0.2) is 6.04 Å². The van der Waals surface area contributed by atoms with Gasteiger partial charge in [-0.25, -0.2) is 22.9 Å². The fraction of sp³-hybridized carbons (Fsp3) is 0.391. The van der Waals surface area contributed by atoms with Crippen LogP contribution in [0.2, 0.25) is 0 Å². The molecule has 2 aliphatic heterocycles. The molecule has 3 atom stereocenters. The van der Waals surface area contributed by atoms with Gasteiger partial charge in [0.05, 0.1) is 11.3 Å². The van der Waals surface area contributed by atoms with Crippen molar-refractivity contribution in [3.63, 3.8) is 0 Å². The highest BCUT2D eigenvalue weighted by Crippen LogP contribution is 2.39. The number of amides is 1. The van der Waals surface area contributed by atoms with Crippen molar-refractivity contribution < 1.29 is 26.6 Å². The second-order valence-corrected chi connectivity index (χ2v) is 11.2. The molecule has 2 aromatic rings. The molecule has 9 nitrogen and oxygen atoms in total. The molecule has 0 bridgehead atoms. The van der Waals surface area contributed by atoms with Gasteiger partial charge in [0, 0.05) is 24.0 Å². The van der Waals surface area contributed by atoms with Crippen LogP contribution >= 0.6 is 0 Å². The zero-order valence-corrected chi connectivity index (χ0v) is 20.7. The van der Waals surface area contributed by atoms with E-state index < -0.39 is 45.1 Å². The Hall–Kier alpha value is -3.73. The highest BCUT2D eigenvalue weighted by molar-refractivity contribution is 7.92. The number of nitriles is 1. The minimum Gasteiger partial charge on any atom is -0.369 e. The van der Waals surface area contributed by atoms with Gasteiger partial charge in [-0.3, -0.25) is 9.10 Å². The minimum absolute atomic E-state index is 0.0319. The number of rotatable bonds is 3. The quantitative estimate of drug-likeness (QED) is 0.577. The maximum absolute atomic E-state index is 15.0. The first kappa shape index (κ1) is 26.3. The van der Waals surface area contributed by atoms with Crippen LogP contribution in [0, 0.1) is 24.1 Å². The van der Waals surface area contributed by atoms with E-state index in [2.05, 4.69) is 19.7 Å². The molecule has 3 heterocycles. The molecule has 3 N–H and O–H groups in total. The number of alkyl halides is 3. The summed E-state index contributed by atoms with van der Waals surface area (Å²) in [5.41, 5.74) is 5.19. The van der Waals surface area contributed by atoms with Crippen molar-refractivity contribution in [2.75, 3.05) is 17.6 Å². The first-order valence-corrected chi connectivity index (χ1v) is 12.8. The van der Waals surface area contributed by atoms with Crippen molar-refractivity contribution in [2.45, 2.75) is 44.4 Å². The lowest BCUT2D eigenvalue weighted by atomic mass is 9.93. The Balaban J connectivity index is 1.71. The molecule has 2 unspecified atom stereocenters. The molecular formula is C23H23F4N7O2S. The number of fused-ring (bicyclic) bond motifs is 1. The number of nitrogens with two attached hydrogens (primary N) is 1. The third-order valence-corrected chi connectivity index (χ3v) is 8.75. The summed E-state index contributed by atoms with van der Waals surface area (Å²) in [6.45, 7) is 2.98. The zero-order valence-electron chi connectivity index (χ0n) is 19.8. The number of aliphatic imine (C=N–C) groups is 1. The summed E-state index contributed by atoms with van der Waals surface area (Å²) < 4.78 is 74.1. The van der Waals surface area contributed by atoms with Gasteiger partial charge >= 0.3 is 6.18 Å². The number of nitrogens with zero attached hydrogens (tertiary/aromatic N) is 5. The van der Waals surface area contributed by atoms with E-state index in [0.29, 0.717) is 5.56 Å². The summed E-state index contributed by atoms with van der Waals surface area (Å²) in [6.07, 6.45) is -3.74. The molecule has 0 spiro atoms. The van der Waals surface area contributed by atoms with Gasteiger partial charge in [0.1, 0.15) is 33.0 Å². The predicted octanol–water partition coefficient (Wildman–Crippen LogP) is 3.61. The molecule has 0 fully saturated rings. The number of hydrogen-bond donors (Lipinski definition) is 2. The lowest BCUT2D eigenvalue weighted by Gasteiger charge is -2.38. The summed E-state index contributed by atoms with van der Waals surface area (Å²) in [7, 11) is -3.72. The fourth-order valence-corrected chi connectivity index (χ4v) is 7.07. The molecule has 14 heteroatoms. The van der Waals surface area contributed by atoms with E-state index in [-0.39, 0.29) is 47.9 Å². The highest BCUT2D eigenvalue weighted by Gasteiger charge is 2.47. The molecule has 0 saturated carbocycles. The molecule has 0 saturated heterocycles. The van der Waals surface area contributed by atoms with Crippen molar-refractivity contribution in [2.24, 2.45) is 15.1 Å². The number of guanidine groups is 1. The van der Waals surface area contributed by atoms with Crippen LogP contribution in [-0.2, 0) is 15.5 Å². The number of hydrogen-bond acceptors (Lipinski definition) is 7. The van der Waals surface area contributed by atoms with Crippen molar-refractivity contribution in [1.82, 2.24) is 9.29 Å². The van der Waals surface area contributed by atoms with Crippen LogP contribution in [0.15, 0.2) is 39.8 Å². The summed E-state index contributed by atoms with van der Waals surface area (Å²) in [6, 6.07) is 4.89. The molecule has 0 aliphatic carbocycles. The molecule has 1 aromatic heterocycles. The van der Waals surface area contributed by atoms with E-state index in [9.17, 15) is 22.2 Å². The van der Waals surface area contributed by atoms with Gasteiger partial charge in [-0.15, -0.1) is 0 Å². The lowest BCUT2D eigenvalue weighted by Crippen LogP contribution is -2.52. The monoisotopic (exact) mass is 537 g/mol. The minimum atomic E-state index is -4.69. The maximum Gasteiger partial charge on any atom is 0.411 e. The van der Waals surface area contributed by atoms with Gasteiger partial charge in [-0.05, 0) is 56.5 Å². The Labute approximate surface area is 210 Å². The molecule has 0 radical (unpaired) electrons. The fourth-order valence-electron chi connectivity index (χ4n) is 4.40. The Morgan fingerprint density at radius 2 is 2.08 bits per heavy atom. The van der Waals surface area contributed by atoms with Crippen LogP contribution in [0.3, 0.4) is 0 Å². The maximum atomic E-state index is 15.0. The third-order valence-electron chi connectivity index (χ3n) is 6.17. The van der Waals surface area contributed by atoms with E-state index in [4.69, 9.17) is 11.0 Å². The zero-order chi connectivity index (χ0) is 27.2. The first-order valence-electron chi connectivity index (χ1n) is 11.2. The molecule has 1 amide bonds. The predicted molar refractivity (Wildman–Crippen MR) is 128 cm³/mol. The largest absolute Gasteiger partial charge is 0.411 e. The van der Waals surface area contributed by atoms with Gasteiger partial charge in [-0.1, -0.05) is 0 Å². The Kier molecular flexibility index (Phi) is 6.61. The summed E-state index contributed by atoms with van der Waals surface area (Å²) >= 11 is 0. The molecular weight excluding hydrogens is 514 g/mol. The number of aryl methyl sites for hydroxylation is 1. The van der Waals surface area contributed by atoms with Crippen LogP contribution in [0.25, 0.3) is 0 Å². The number of nitrogens with one attached hydrogen (secondary N) is 1. The number of benzene rings is 1. The lowest BCUT2D eigenvalue weighted by molar-refractivity contribution is -0.147. The van der Waals surface area contributed by atoms with Crippen LogP contribution in [-0.4, -0.2) is 49.9 Å². The molecule has 37 heavy (non-hydrogen) atoms. The normalized spacial score (nSPS) is 25.7. The van der Waals surface area contributed by atoms with E-state index >= 15 is 4.39 Å². The van der Waals surface area contributed by atoms with Gasteiger partial charge in [0.25, 0.3) is 5.91 Å². The van der Waals surface area contributed by atoms with Crippen molar-refractivity contribution in [3.05, 3.63) is 58.7 Å². The van der Waals surface area contributed by atoms with Crippen molar-refractivity contribution in [1.29, 1.82) is 5.26 Å². The number of aromatic nitrogens is 1. The number of anilines is 1.